The predicted molar refractivity (Wildman–Crippen MR) is 134 cm³/mol. The van der Waals surface area contributed by atoms with Crippen LogP contribution in [0.25, 0.3) is 0 Å². The Kier molecular flexibility index (Phi) is 4.51. The van der Waals surface area contributed by atoms with E-state index in [-0.39, 0.29) is 34.4 Å². The maximum absolute atomic E-state index is 13.9. The van der Waals surface area contributed by atoms with E-state index in [0.717, 1.165) is 22.3 Å². The molecule has 1 aliphatic heterocycles. The van der Waals surface area contributed by atoms with E-state index in [1.54, 1.807) is 30.3 Å². The third kappa shape index (κ3) is 2.82. The Morgan fingerprint density at radius 2 is 1.33 bits per heavy atom. The lowest BCUT2D eigenvalue weighted by Crippen LogP contribution is -2.41. The molecular formula is C29H19ClN2O4. The van der Waals surface area contributed by atoms with Crippen molar-refractivity contribution in [3.05, 3.63) is 118 Å². The van der Waals surface area contributed by atoms with Crippen molar-refractivity contribution in [2.24, 2.45) is 11.8 Å². The van der Waals surface area contributed by atoms with Crippen molar-refractivity contribution in [3.8, 4) is 0 Å². The summed E-state index contributed by atoms with van der Waals surface area (Å²) in [5.74, 6) is -2.00. The summed E-state index contributed by atoms with van der Waals surface area (Å²) in [5.41, 5.74) is 5.25. The number of furan rings is 1. The molecule has 0 saturated carbocycles. The highest BCUT2D eigenvalue weighted by atomic mass is 35.5. The van der Waals surface area contributed by atoms with Crippen LogP contribution in [0.3, 0.4) is 0 Å². The Balaban J connectivity index is 1.27. The molecule has 2 heterocycles. The number of amides is 3. The lowest BCUT2D eigenvalue weighted by atomic mass is 9.55. The standard InChI is InChI=1S/C29H19ClN2O4/c30-20-14-15(11-12-21(20)31-27(33)22-10-5-13-36-22)32-28(34)25-23-16-6-1-2-7-17(16)24(26(25)29(32)35)19-9-4-3-8-18(19)23/h1-14,23-26H,(H,31,33)/t23?,24?,25-,26-/m0/s1. The van der Waals surface area contributed by atoms with Crippen molar-refractivity contribution in [1.82, 2.24) is 0 Å². The lowest BCUT2D eigenvalue weighted by Gasteiger charge is -2.45. The van der Waals surface area contributed by atoms with E-state index in [1.807, 2.05) is 24.3 Å². The number of imide groups is 1. The highest BCUT2D eigenvalue weighted by Gasteiger charge is 2.61. The summed E-state index contributed by atoms with van der Waals surface area (Å²) in [5, 5.41) is 2.92. The first-order valence-corrected chi connectivity index (χ1v) is 12.1. The summed E-state index contributed by atoms with van der Waals surface area (Å²) >= 11 is 6.48. The van der Waals surface area contributed by atoms with E-state index in [9.17, 15) is 14.4 Å². The number of hydrogen-bond acceptors (Lipinski definition) is 4. The summed E-state index contributed by atoms with van der Waals surface area (Å²) < 4.78 is 5.12. The summed E-state index contributed by atoms with van der Waals surface area (Å²) in [7, 11) is 0. The summed E-state index contributed by atoms with van der Waals surface area (Å²) in [4.78, 5) is 41.4. The van der Waals surface area contributed by atoms with Gasteiger partial charge in [-0.3, -0.25) is 14.4 Å². The highest BCUT2D eigenvalue weighted by molar-refractivity contribution is 6.34. The number of hydrogen-bond donors (Lipinski definition) is 1. The van der Waals surface area contributed by atoms with Crippen molar-refractivity contribution >= 4 is 40.7 Å². The van der Waals surface area contributed by atoms with Crippen LogP contribution < -0.4 is 10.2 Å². The van der Waals surface area contributed by atoms with Crippen LogP contribution in [0.4, 0.5) is 11.4 Å². The van der Waals surface area contributed by atoms with Crippen LogP contribution in [-0.2, 0) is 9.59 Å². The first-order valence-electron chi connectivity index (χ1n) is 11.7. The molecule has 2 bridgehead atoms. The molecule has 36 heavy (non-hydrogen) atoms. The van der Waals surface area contributed by atoms with Gasteiger partial charge in [-0.15, -0.1) is 0 Å². The number of rotatable bonds is 3. The SMILES string of the molecule is O=C(Nc1ccc(N2C(=O)[C@H]3C4c5ccccc5C(c5ccccc54)[C@@H]3C2=O)cc1Cl)c1ccco1. The van der Waals surface area contributed by atoms with Crippen LogP contribution in [0.1, 0.15) is 44.6 Å². The van der Waals surface area contributed by atoms with Gasteiger partial charge in [0, 0.05) is 11.8 Å². The molecule has 1 N–H and O–H groups in total. The minimum absolute atomic E-state index is 0.152. The smallest absolute Gasteiger partial charge is 0.291 e. The molecule has 0 radical (unpaired) electrons. The second kappa shape index (κ2) is 7.67. The van der Waals surface area contributed by atoms with Crippen LogP contribution in [0, 0.1) is 11.8 Å². The molecule has 2 atom stereocenters. The van der Waals surface area contributed by atoms with Crippen molar-refractivity contribution in [2.45, 2.75) is 11.8 Å². The van der Waals surface area contributed by atoms with Crippen LogP contribution >= 0.6 is 11.6 Å². The fraction of sp³-hybridized carbons (Fsp3) is 0.138. The molecule has 176 valence electrons. The van der Waals surface area contributed by atoms with Gasteiger partial charge in [0.15, 0.2) is 5.76 Å². The first-order chi connectivity index (χ1) is 17.5. The van der Waals surface area contributed by atoms with Gasteiger partial charge in [-0.25, -0.2) is 4.90 Å². The Labute approximate surface area is 211 Å². The second-order valence-corrected chi connectivity index (χ2v) is 9.78. The van der Waals surface area contributed by atoms with Crippen LogP contribution in [0.2, 0.25) is 5.02 Å². The number of benzene rings is 3. The van der Waals surface area contributed by atoms with Crippen molar-refractivity contribution < 1.29 is 18.8 Å². The average Bonchev–Trinajstić information content (AvgIpc) is 3.53. The predicted octanol–water partition coefficient (Wildman–Crippen LogP) is 5.58. The highest BCUT2D eigenvalue weighted by Crippen LogP contribution is 2.61. The van der Waals surface area contributed by atoms with Gasteiger partial charge in [0.25, 0.3) is 5.91 Å². The third-order valence-corrected chi connectivity index (χ3v) is 7.97. The number of carbonyl (C=O) groups is 3. The normalized spacial score (nSPS) is 23.3. The van der Waals surface area contributed by atoms with Gasteiger partial charge in [0.05, 0.1) is 34.5 Å². The van der Waals surface area contributed by atoms with Crippen LogP contribution in [-0.4, -0.2) is 17.7 Å². The van der Waals surface area contributed by atoms with Gasteiger partial charge < -0.3 is 9.73 Å². The zero-order valence-electron chi connectivity index (χ0n) is 18.9. The van der Waals surface area contributed by atoms with Crippen LogP contribution in [0.5, 0.6) is 0 Å². The first kappa shape index (κ1) is 21.1. The van der Waals surface area contributed by atoms with Crippen molar-refractivity contribution in [2.75, 3.05) is 10.2 Å². The summed E-state index contributed by atoms with van der Waals surface area (Å²) in [6.45, 7) is 0. The van der Waals surface area contributed by atoms with E-state index in [0.29, 0.717) is 11.4 Å². The number of carbonyl (C=O) groups excluding carboxylic acids is 3. The van der Waals surface area contributed by atoms with E-state index < -0.39 is 17.7 Å². The van der Waals surface area contributed by atoms with Gasteiger partial charge in [0.2, 0.25) is 11.8 Å². The van der Waals surface area contributed by atoms with Gasteiger partial charge in [-0.05, 0) is 52.6 Å². The summed E-state index contributed by atoms with van der Waals surface area (Å²) in [6.07, 6.45) is 1.41. The van der Waals surface area contributed by atoms with E-state index >= 15 is 0 Å². The van der Waals surface area contributed by atoms with E-state index in [2.05, 4.69) is 29.6 Å². The molecule has 3 amide bonds. The van der Waals surface area contributed by atoms with E-state index in [1.165, 1.54) is 11.2 Å². The van der Waals surface area contributed by atoms with Crippen molar-refractivity contribution in [1.29, 1.82) is 0 Å². The van der Waals surface area contributed by atoms with Gasteiger partial charge in [0.1, 0.15) is 0 Å². The number of anilines is 2. The molecule has 6 nitrogen and oxygen atoms in total. The number of nitrogens with one attached hydrogen (secondary N) is 1. The minimum Gasteiger partial charge on any atom is -0.459 e. The lowest BCUT2D eigenvalue weighted by molar-refractivity contribution is -0.122. The monoisotopic (exact) mass is 494 g/mol. The summed E-state index contributed by atoms with van der Waals surface area (Å²) in [6, 6.07) is 24.2. The molecule has 3 aliphatic carbocycles. The van der Waals surface area contributed by atoms with Crippen molar-refractivity contribution in [3.63, 3.8) is 0 Å². The maximum atomic E-state index is 13.9. The molecule has 0 spiro atoms. The molecule has 3 aromatic carbocycles. The fourth-order valence-electron chi connectivity index (χ4n) is 6.27. The molecule has 4 aromatic rings. The second-order valence-electron chi connectivity index (χ2n) is 9.37. The molecule has 1 aromatic heterocycles. The van der Waals surface area contributed by atoms with E-state index in [4.69, 9.17) is 16.0 Å². The average molecular weight is 495 g/mol. The van der Waals surface area contributed by atoms with Gasteiger partial charge in [-0.1, -0.05) is 60.1 Å². The number of nitrogens with zero attached hydrogens (tertiary/aromatic N) is 1. The fourth-order valence-corrected chi connectivity index (χ4v) is 6.49. The topological polar surface area (TPSA) is 79.6 Å². The Bertz CT molecular complexity index is 1460. The molecule has 1 saturated heterocycles. The Morgan fingerprint density at radius 1 is 0.778 bits per heavy atom. The Hall–Kier alpha value is -4.16. The zero-order valence-corrected chi connectivity index (χ0v) is 19.6. The van der Waals surface area contributed by atoms with Gasteiger partial charge in [-0.2, -0.15) is 0 Å². The zero-order chi connectivity index (χ0) is 24.6. The van der Waals surface area contributed by atoms with Crippen LogP contribution in [0.15, 0.2) is 89.5 Å². The Morgan fingerprint density at radius 3 is 1.81 bits per heavy atom. The molecular weight excluding hydrogens is 476 g/mol. The minimum atomic E-state index is -0.468. The molecule has 1 fully saturated rings. The maximum Gasteiger partial charge on any atom is 0.291 e. The molecule has 7 heteroatoms. The number of halogens is 1. The van der Waals surface area contributed by atoms with Gasteiger partial charge >= 0.3 is 0 Å². The third-order valence-electron chi connectivity index (χ3n) is 7.65. The quantitative estimate of drug-likeness (QED) is 0.377. The molecule has 0 unspecified atom stereocenters. The molecule has 4 aliphatic rings. The molecule has 8 rings (SSSR count). The largest absolute Gasteiger partial charge is 0.459 e.